The van der Waals surface area contributed by atoms with E-state index in [1.54, 1.807) is 0 Å². The molecule has 0 aliphatic carbocycles. The van der Waals surface area contributed by atoms with Crippen LogP contribution in [0.3, 0.4) is 0 Å². The van der Waals surface area contributed by atoms with Crippen molar-refractivity contribution in [2.45, 2.75) is 19.5 Å². The molecule has 8 heteroatoms. The fourth-order valence-corrected chi connectivity index (χ4v) is 4.61. The van der Waals surface area contributed by atoms with Crippen LogP contribution in [-0.4, -0.2) is 65.0 Å². The van der Waals surface area contributed by atoms with E-state index in [0.717, 1.165) is 38.5 Å². The van der Waals surface area contributed by atoms with Crippen molar-refractivity contribution in [3.8, 4) is 0 Å². The molecule has 28 heavy (non-hydrogen) atoms. The molecule has 0 radical (unpaired) electrons. The zero-order chi connectivity index (χ0) is 19.7. The smallest absolute Gasteiger partial charge is 0.229 e. The maximum Gasteiger partial charge on any atom is 0.229 e. The van der Waals surface area contributed by atoms with Crippen molar-refractivity contribution in [1.29, 1.82) is 0 Å². The number of rotatable bonds is 5. The van der Waals surface area contributed by atoms with Crippen molar-refractivity contribution in [3.05, 3.63) is 41.0 Å². The Morgan fingerprint density at radius 3 is 2.61 bits per heavy atom. The Bertz CT molecular complexity index is 947. The summed E-state index contributed by atoms with van der Waals surface area (Å²) in [6, 6.07) is 8.78. The van der Waals surface area contributed by atoms with Crippen LogP contribution in [0.1, 0.15) is 24.4 Å². The number of nitrogens with zero attached hydrogens (tertiary/aromatic N) is 6. The Morgan fingerprint density at radius 1 is 1.11 bits per heavy atom. The van der Waals surface area contributed by atoms with Crippen molar-refractivity contribution in [1.82, 2.24) is 24.8 Å². The maximum absolute atomic E-state index is 5.89. The summed E-state index contributed by atoms with van der Waals surface area (Å²) in [5.41, 5.74) is 7.33. The molecule has 1 aromatic carbocycles. The molecule has 3 aromatic rings. The maximum atomic E-state index is 5.89. The molecule has 1 atom stereocenters. The fraction of sp³-hybridized carbons (Fsp3) is 0.450. The highest BCUT2D eigenvalue weighted by Gasteiger charge is 2.25. The van der Waals surface area contributed by atoms with E-state index in [2.05, 4.69) is 61.3 Å². The summed E-state index contributed by atoms with van der Waals surface area (Å²) in [6.45, 7) is 7.22. The Morgan fingerprint density at radius 2 is 1.86 bits per heavy atom. The third kappa shape index (κ3) is 3.94. The first-order valence-corrected chi connectivity index (χ1v) is 10.5. The Hall–Kier alpha value is -2.29. The molecule has 0 amide bonds. The number of thiophene rings is 1. The van der Waals surface area contributed by atoms with Gasteiger partial charge in [-0.2, -0.15) is 15.0 Å². The van der Waals surface area contributed by atoms with Crippen molar-refractivity contribution in [2.24, 2.45) is 0 Å². The van der Waals surface area contributed by atoms with E-state index in [1.165, 1.54) is 15.6 Å². The summed E-state index contributed by atoms with van der Waals surface area (Å²) in [7, 11) is 3.83. The minimum absolute atomic E-state index is 0.119. The number of hydrogen-bond donors (Lipinski definition) is 1. The topological polar surface area (TPSA) is 74.4 Å². The van der Waals surface area contributed by atoms with E-state index in [1.807, 2.05) is 30.3 Å². The quantitative estimate of drug-likeness (QED) is 0.709. The van der Waals surface area contributed by atoms with Gasteiger partial charge in [-0.1, -0.05) is 18.2 Å². The summed E-state index contributed by atoms with van der Waals surface area (Å²) >= 11 is 1.83. The molecule has 2 N–H and O–H groups in total. The lowest BCUT2D eigenvalue weighted by Crippen LogP contribution is -2.47. The second-order valence-electron chi connectivity index (χ2n) is 7.49. The van der Waals surface area contributed by atoms with Gasteiger partial charge in [0, 0.05) is 51.5 Å². The van der Waals surface area contributed by atoms with Crippen LogP contribution in [0.15, 0.2) is 29.6 Å². The van der Waals surface area contributed by atoms with Gasteiger partial charge in [-0.15, -0.1) is 11.3 Å². The van der Waals surface area contributed by atoms with Crippen LogP contribution in [0.4, 0.5) is 11.9 Å². The number of aromatic nitrogens is 3. The number of nitrogen functional groups attached to an aromatic ring is 1. The normalized spacial score (nSPS) is 17.1. The van der Waals surface area contributed by atoms with E-state index in [9.17, 15) is 0 Å². The average molecular weight is 398 g/mol. The minimum Gasteiger partial charge on any atom is -0.368 e. The molecule has 1 fully saturated rings. The van der Waals surface area contributed by atoms with Crippen molar-refractivity contribution in [3.63, 3.8) is 0 Å². The predicted molar refractivity (Wildman–Crippen MR) is 116 cm³/mol. The van der Waals surface area contributed by atoms with E-state index in [4.69, 9.17) is 5.73 Å². The third-order valence-corrected chi connectivity index (χ3v) is 6.35. The summed E-state index contributed by atoms with van der Waals surface area (Å²) in [5.74, 6) is 1.63. The lowest BCUT2D eigenvalue weighted by atomic mass is 10.1. The first kappa shape index (κ1) is 19.0. The summed E-state index contributed by atoms with van der Waals surface area (Å²) in [4.78, 5) is 20.0. The molecular weight excluding hydrogens is 370 g/mol. The highest BCUT2D eigenvalue weighted by Crippen LogP contribution is 2.27. The summed E-state index contributed by atoms with van der Waals surface area (Å²) < 4.78 is 1.37. The lowest BCUT2D eigenvalue weighted by molar-refractivity contribution is 0.0951. The van der Waals surface area contributed by atoms with Gasteiger partial charge in [-0.25, -0.2) is 0 Å². The lowest BCUT2D eigenvalue weighted by Gasteiger charge is -2.37. The molecule has 0 bridgehead atoms. The Balaban J connectivity index is 1.40. The SMILES string of the molecule is C[C@@H](c1nc(N)nc(N(C)C)n1)N1CCN(Cc2csc3ccccc23)CC1. The fourth-order valence-electron chi connectivity index (χ4n) is 3.65. The second kappa shape index (κ2) is 7.98. The van der Waals surface area contributed by atoms with Crippen LogP contribution in [0.25, 0.3) is 10.1 Å². The van der Waals surface area contributed by atoms with Crippen molar-refractivity contribution >= 4 is 33.3 Å². The largest absolute Gasteiger partial charge is 0.368 e. The number of benzene rings is 1. The average Bonchev–Trinajstić information content (AvgIpc) is 3.10. The van der Waals surface area contributed by atoms with Gasteiger partial charge >= 0.3 is 0 Å². The van der Waals surface area contributed by atoms with Gasteiger partial charge in [0.15, 0.2) is 5.82 Å². The van der Waals surface area contributed by atoms with E-state index in [-0.39, 0.29) is 12.0 Å². The standard InChI is InChI=1S/C20H27N7S/c1-14(18-22-19(21)24-20(23-18)25(2)3)27-10-8-26(9-11-27)12-15-13-28-17-7-5-4-6-16(15)17/h4-7,13-14H,8-12H2,1-3H3,(H2,21,22,23,24)/t14-/m0/s1. The molecule has 1 aliphatic heterocycles. The molecule has 3 heterocycles. The molecule has 1 saturated heterocycles. The number of piperazine rings is 1. The zero-order valence-electron chi connectivity index (χ0n) is 16.7. The molecule has 7 nitrogen and oxygen atoms in total. The second-order valence-corrected chi connectivity index (χ2v) is 8.40. The van der Waals surface area contributed by atoms with Crippen LogP contribution < -0.4 is 10.6 Å². The number of nitrogens with two attached hydrogens (primary N) is 1. The van der Waals surface area contributed by atoms with Crippen molar-refractivity contribution in [2.75, 3.05) is 50.9 Å². The van der Waals surface area contributed by atoms with Crippen molar-refractivity contribution < 1.29 is 0 Å². The summed E-state index contributed by atoms with van der Waals surface area (Å²) in [6.07, 6.45) is 0. The molecule has 148 valence electrons. The van der Waals surface area contributed by atoms with E-state index < -0.39 is 0 Å². The van der Waals surface area contributed by atoms with Crippen LogP contribution in [0, 0.1) is 0 Å². The highest BCUT2D eigenvalue weighted by atomic mass is 32.1. The van der Waals surface area contributed by atoms with Crippen LogP contribution in [-0.2, 0) is 6.54 Å². The number of fused-ring (bicyclic) bond motifs is 1. The van der Waals surface area contributed by atoms with Gasteiger partial charge in [-0.05, 0) is 29.3 Å². The van der Waals surface area contributed by atoms with Gasteiger partial charge in [0.05, 0.1) is 6.04 Å². The van der Waals surface area contributed by atoms with Crippen LogP contribution >= 0.6 is 11.3 Å². The van der Waals surface area contributed by atoms with Gasteiger partial charge in [0.25, 0.3) is 0 Å². The predicted octanol–water partition coefficient (Wildman–Crippen LogP) is 2.61. The van der Waals surface area contributed by atoms with Gasteiger partial charge in [0.2, 0.25) is 11.9 Å². The molecule has 0 saturated carbocycles. The van der Waals surface area contributed by atoms with Gasteiger partial charge in [0.1, 0.15) is 0 Å². The van der Waals surface area contributed by atoms with Crippen LogP contribution in [0.5, 0.6) is 0 Å². The molecule has 1 aliphatic rings. The number of hydrogen-bond acceptors (Lipinski definition) is 8. The molecular formula is C20H27N7S. The first-order chi connectivity index (χ1) is 13.5. The van der Waals surface area contributed by atoms with E-state index >= 15 is 0 Å². The molecule has 0 spiro atoms. The molecule has 4 rings (SSSR count). The highest BCUT2D eigenvalue weighted by molar-refractivity contribution is 7.17. The number of anilines is 2. The molecule has 2 aromatic heterocycles. The Labute approximate surface area is 169 Å². The van der Waals surface area contributed by atoms with Gasteiger partial charge in [-0.3, -0.25) is 9.80 Å². The summed E-state index contributed by atoms with van der Waals surface area (Å²) in [5, 5.41) is 3.69. The minimum atomic E-state index is 0.119. The Kier molecular flexibility index (Phi) is 5.43. The van der Waals surface area contributed by atoms with Gasteiger partial charge < -0.3 is 10.6 Å². The first-order valence-electron chi connectivity index (χ1n) is 9.61. The zero-order valence-corrected chi connectivity index (χ0v) is 17.5. The van der Waals surface area contributed by atoms with E-state index in [0.29, 0.717) is 5.95 Å². The monoisotopic (exact) mass is 397 g/mol. The third-order valence-electron chi connectivity index (χ3n) is 5.34. The molecule has 0 unspecified atom stereocenters. The van der Waals surface area contributed by atoms with Crippen LogP contribution in [0.2, 0.25) is 0 Å².